The van der Waals surface area contributed by atoms with E-state index in [0.717, 1.165) is 31.5 Å². The van der Waals surface area contributed by atoms with Gasteiger partial charge in [0.05, 0.1) is 19.3 Å². The highest BCUT2D eigenvalue weighted by Crippen LogP contribution is 2.18. The van der Waals surface area contributed by atoms with Gasteiger partial charge in [0.15, 0.2) is 0 Å². The lowest BCUT2D eigenvalue weighted by Crippen LogP contribution is -3.00. The molecular weight excluding hydrogens is 388 g/mol. The number of hydrogen-bond donors (Lipinski definition) is 2. The number of nitrogens with one attached hydrogen (secondary N) is 1. The van der Waals surface area contributed by atoms with Crippen molar-refractivity contribution in [2.24, 2.45) is 0 Å². The highest BCUT2D eigenvalue weighted by atomic mass is 35.5. The largest absolute Gasteiger partial charge is 1.00 e. The lowest BCUT2D eigenvalue weighted by atomic mass is 10.0. The third-order valence-electron chi connectivity index (χ3n) is 5.43. The molecular formula is C23H38ClN2O3-. The molecule has 1 aliphatic heterocycles. The molecule has 1 heterocycles. The van der Waals surface area contributed by atoms with E-state index >= 15 is 0 Å². The molecule has 1 amide bonds. The van der Waals surface area contributed by atoms with E-state index in [9.17, 15) is 9.90 Å². The van der Waals surface area contributed by atoms with Gasteiger partial charge in [0, 0.05) is 26.1 Å². The standard InChI is InChI=1S/C23H38N2O3.ClH/c1-2-3-4-5-6-7-11-14-22(26)24-21(19-25-15-17-28-18-16-25)23(27)20-12-9-8-10-13-20;/h8-10,12-13,21,23,27H,2-7,11,14-19H2,1H3,(H,24,26);1H/p-1. The number of aliphatic hydroxyl groups excluding tert-OH is 1. The summed E-state index contributed by atoms with van der Waals surface area (Å²) in [5.41, 5.74) is 0.844. The molecule has 6 heteroatoms. The number of carbonyl (C=O) groups excluding carboxylic acids is 1. The first-order valence-electron chi connectivity index (χ1n) is 11.0. The molecule has 0 aliphatic carbocycles. The van der Waals surface area contributed by atoms with E-state index in [1.54, 1.807) is 0 Å². The minimum atomic E-state index is -0.706. The Bertz CT molecular complexity index is 538. The number of unbranched alkanes of at least 4 members (excludes halogenated alkanes) is 6. The molecule has 5 nitrogen and oxygen atoms in total. The molecule has 2 unspecified atom stereocenters. The van der Waals surface area contributed by atoms with Crippen LogP contribution in [-0.4, -0.2) is 54.8 Å². The maximum Gasteiger partial charge on any atom is 0.220 e. The molecule has 1 fully saturated rings. The van der Waals surface area contributed by atoms with Gasteiger partial charge in [-0.05, 0) is 12.0 Å². The van der Waals surface area contributed by atoms with Gasteiger partial charge >= 0.3 is 0 Å². The lowest BCUT2D eigenvalue weighted by Gasteiger charge is -2.33. The Kier molecular flexibility index (Phi) is 14.0. The minimum Gasteiger partial charge on any atom is -1.00 e. The van der Waals surface area contributed by atoms with Crippen LogP contribution in [0.4, 0.5) is 0 Å². The van der Waals surface area contributed by atoms with Gasteiger partial charge < -0.3 is 27.6 Å². The Morgan fingerprint density at radius 3 is 2.34 bits per heavy atom. The van der Waals surface area contributed by atoms with E-state index in [4.69, 9.17) is 4.74 Å². The van der Waals surface area contributed by atoms with Gasteiger partial charge in [0.2, 0.25) is 5.91 Å². The molecule has 29 heavy (non-hydrogen) atoms. The van der Waals surface area contributed by atoms with Crippen molar-refractivity contribution in [2.45, 2.75) is 70.4 Å². The zero-order valence-corrected chi connectivity index (χ0v) is 18.6. The molecule has 0 saturated carbocycles. The average molecular weight is 426 g/mol. The first kappa shape index (κ1) is 25.9. The van der Waals surface area contributed by atoms with Crippen LogP contribution in [0.15, 0.2) is 30.3 Å². The molecule has 1 aliphatic rings. The van der Waals surface area contributed by atoms with Crippen LogP contribution in [-0.2, 0) is 9.53 Å². The Balaban J connectivity index is 0.00000420. The van der Waals surface area contributed by atoms with E-state index < -0.39 is 6.10 Å². The van der Waals surface area contributed by atoms with Crippen molar-refractivity contribution >= 4 is 5.91 Å². The van der Waals surface area contributed by atoms with Gasteiger partial charge in [-0.3, -0.25) is 9.69 Å². The average Bonchev–Trinajstić information content (AvgIpc) is 2.73. The quantitative estimate of drug-likeness (QED) is 0.456. The molecule has 0 bridgehead atoms. The van der Waals surface area contributed by atoms with Crippen LogP contribution in [0.3, 0.4) is 0 Å². The number of ether oxygens (including phenoxy) is 1. The number of nitrogens with zero attached hydrogens (tertiary/aromatic N) is 1. The summed E-state index contributed by atoms with van der Waals surface area (Å²) in [5, 5.41) is 14.0. The smallest absolute Gasteiger partial charge is 0.220 e. The summed E-state index contributed by atoms with van der Waals surface area (Å²) >= 11 is 0. The van der Waals surface area contributed by atoms with Crippen LogP contribution in [0, 0.1) is 0 Å². The Labute approximate surface area is 182 Å². The number of morpholine rings is 1. The molecule has 1 aromatic carbocycles. The number of rotatable bonds is 13. The topological polar surface area (TPSA) is 61.8 Å². The van der Waals surface area contributed by atoms with Gasteiger partial charge in [-0.25, -0.2) is 0 Å². The molecule has 1 saturated heterocycles. The second-order valence-electron chi connectivity index (χ2n) is 7.81. The minimum absolute atomic E-state index is 0. The summed E-state index contributed by atoms with van der Waals surface area (Å²) in [7, 11) is 0. The van der Waals surface area contributed by atoms with Crippen LogP contribution in [0.1, 0.15) is 70.0 Å². The second-order valence-corrected chi connectivity index (χ2v) is 7.81. The number of benzene rings is 1. The van der Waals surface area contributed by atoms with Gasteiger partial charge in [-0.1, -0.05) is 75.8 Å². The van der Waals surface area contributed by atoms with Crippen LogP contribution in [0.25, 0.3) is 0 Å². The Morgan fingerprint density at radius 1 is 1.07 bits per heavy atom. The fourth-order valence-corrected chi connectivity index (χ4v) is 3.69. The lowest BCUT2D eigenvalue weighted by molar-refractivity contribution is -0.123. The van der Waals surface area contributed by atoms with Crippen molar-refractivity contribution in [1.82, 2.24) is 10.2 Å². The SMILES string of the molecule is CCCCCCCCCC(=O)NC(CN1CCOCC1)C(O)c1ccccc1.[Cl-]. The van der Waals surface area contributed by atoms with Crippen LogP contribution in [0.5, 0.6) is 0 Å². The predicted molar refractivity (Wildman–Crippen MR) is 113 cm³/mol. The van der Waals surface area contributed by atoms with Crippen LogP contribution < -0.4 is 17.7 Å². The fraction of sp³-hybridized carbons (Fsp3) is 0.696. The summed E-state index contributed by atoms with van der Waals surface area (Å²) in [6.07, 6.45) is 8.19. The van der Waals surface area contributed by atoms with Crippen molar-refractivity contribution in [3.05, 3.63) is 35.9 Å². The van der Waals surface area contributed by atoms with Gasteiger partial charge in [-0.2, -0.15) is 0 Å². The molecule has 166 valence electrons. The van der Waals surface area contributed by atoms with E-state index in [0.29, 0.717) is 26.2 Å². The van der Waals surface area contributed by atoms with Crippen molar-refractivity contribution in [2.75, 3.05) is 32.8 Å². The summed E-state index contributed by atoms with van der Waals surface area (Å²) < 4.78 is 5.42. The van der Waals surface area contributed by atoms with E-state index in [2.05, 4.69) is 17.1 Å². The van der Waals surface area contributed by atoms with E-state index in [-0.39, 0.29) is 24.4 Å². The van der Waals surface area contributed by atoms with E-state index in [1.165, 1.54) is 32.1 Å². The van der Waals surface area contributed by atoms with Gasteiger partial charge in [-0.15, -0.1) is 0 Å². The van der Waals surface area contributed by atoms with E-state index in [1.807, 2.05) is 30.3 Å². The number of amides is 1. The third-order valence-corrected chi connectivity index (χ3v) is 5.43. The highest BCUT2D eigenvalue weighted by molar-refractivity contribution is 5.76. The summed E-state index contributed by atoms with van der Waals surface area (Å²) in [5.74, 6) is 0.0433. The maximum atomic E-state index is 12.5. The second kappa shape index (κ2) is 15.7. The first-order chi connectivity index (χ1) is 13.7. The summed E-state index contributed by atoms with van der Waals surface area (Å²) in [4.78, 5) is 14.8. The number of carbonyl (C=O) groups is 1. The third kappa shape index (κ3) is 10.4. The normalized spacial score (nSPS) is 16.6. The maximum absolute atomic E-state index is 12.5. The monoisotopic (exact) mass is 425 g/mol. The zero-order chi connectivity index (χ0) is 20.0. The molecule has 0 aromatic heterocycles. The fourth-order valence-electron chi connectivity index (χ4n) is 3.69. The molecule has 1 aromatic rings. The number of hydrogen-bond acceptors (Lipinski definition) is 4. The first-order valence-corrected chi connectivity index (χ1v) is 11.0. The molecule has 2 atom stereocenters. The van der Waals surface area contributed by atoms with Gasteiger partial charge in [0.25, 0.3) is 0 Å². The van der Waals surface area contributed by atoms with Crippen molar-refractivity contribution in [3.8, 4) is 0 Å². The summed E-state index contributed by atoms with van der Waals surface area (Å²) in [6, 6.07) is 9.30. The van der Waals surface area contributed by atoms with Crippen LogP contribution >= 0.6 is 0 Å². The van der Waals surface area contributed by atoms with Crippen molar-refractivity contribution < 1.29 is 27.0 Å². The van der Waals surface area contributed by atoms with Crippen molar-refractivity contribution in [1.29, 1.82) is 0 Å². The number of aliphatic hydroxyl groups is 1. The Hall–Kier alpha value is -1.14. The van der Waals surface area contributed by atoms with Crippen LogP contribution in [0.2, 0.25) is 0 Å². The molecule has 0 radical (unpaired) electrons. The highest BCUT2D eigenvalue weighted by Gasteiger charge is 2.26. The number of halogens is 1. The predicted octanol–water partition coefficient (Wildman–Crippen LogP) is 0.682. The molecule has 2 N–H and O–H groups in total. The van der Waals surface area contributed by atoms with Gasteiger partial charge in [0.1, 0.15) is 6.10 Å². The zero-order valence-electron chi connectivity index (χ0n) is 17.8. The summed E-state index contributed by atoms with van der Waals surface area (Å²) in [6.45, 7) is 5.96. The molecule has 2 rings (SSSR count). The Morgan fingerprint density at radius 2 is 1.69 bits per heavy atom. The molecule has 0 spiro atoms. The van der Waals surface area contributed by atoms with Crippen molar-refractivity contribution in [3.63, 3.8) is 0 Å².